The molecule has 0 amide bonds. The van der Waals surface area contributed by atoms with Gasteiger partial charge in [0.1, 0.15) is 0 Å². The fraction of sp³-hybridized carbons (Fsp3) is 0.571. The van der Waals surface area contributed by atoms with Gasteiger partial charge < -0.3 is 4.90 Å². The highest BCUT2D eigenvalue weighted by atomic mass is 17.3. The number of para-hydroxylation sites is 1. The van der Waals surface area contributed by atoms with Crippen LogP contribution in [0.2, 0.25) is 0 Å². The Kier molecular flexibility index (Phi) is 3.98. The topological polar surface area (TPSA) is 40.2 Å². The molecule has 1 spiro atoms. The van der Waals surface area contributed by atoms with E-state index < -0.39 is 5.79 Å². The molecule has 0 atom stereocenters. The van der Waals surface area contributed by atoms with E-state index in [2.05, 4.69) is 0 Å². The van der Waals surface area contributed by atoms with E-state index in [0.717, 1.165) is 31.4 Å². The van der Waals surface area contributed by atoms with Gasteiger partial charge in [0, 0.05) is 18.5 Å². The van der Waals surface area contributed by atoms with Crippen LogP contribution in [0.3, 0.4) is 0 Å². The van der Waals surface area contributed by atoms with Gasteiger partial charge in [0.05, 0.1) is 0 Å². The van der Waals surface area contributed by atoms with Gasteiger partial charge in [-0.1, -0.05) is 24.6 Å². The number of nitrogens with zero attached hydrogens (tertiary/aromatic N) is 1. The molecule has 1 saturated carbocycles. The Morgan fingerprint density at radius 2 is 1.47 bits per heavy atom. The lowest BCUT2D eigenvalue weighted by Crippen LogP contribution is -2.43. The molecule has 0 radical (unpaired) electrons. The molecule has 1 aromatic carbocycles. The minimum Gasteiger partial charge on any atom is -0.320 e. The van der Waals surface area contributed by atoms with Crippen LogP contribution in [0.4, 0.5) is 5.69 Å². The summed E-state index contributed by atoms with van der Waals surface area (Å²) in [6.45, 7) is 0.657. The zero-order valence-corrected chi connectivity index (χ0v) is 10.9. The second kappa shape index (κ2) is 5.88. The van der Waals surface area contributed by atoms with Gasteiger partial charge in [-0.05, 0) is 25.0 Å². The molecule has 3 rings (SSSR count). The zero-order valence-electron chi connectivity index (χ0n) is 10.9. The summed E-state index contributed by atoms with van der Waals surface area (Å²) in [5, 5.41) is 0. The van der Waals surface area contributed by atoms with Crippen molar-refractivity contribution in [1.82, 2.24) is 0 Å². The second-order valence-corrected chi connectivity index (χ2v) is 5.01. The van der Waals surface area contributed by atoms with Crippen molar-refractivity contribution in [3.63, 3.8) is 0 Å². The van der Waals surface area contributed by atoms with E-state index in [-0.39, 0.29) is 0 Å². The monoisotopic (exact) mass is 265 g/mol. The Morgan fingerprint density at radius 1 is 0.842 bits per heavy atom. The molecule has 19 heavy (non-hydrogen) atoms. The molecule has 0 aromatic heterocycles. The van der Waals surface area contributed by atoms with Gasteiger partial charge in [0.2, 0.25) is 5.79 Å². The van der Waals surface area contributed by atoms with Crippen LogP contribution < -0.4 is 4.90 Å². The molecule has 0 bridgehead atoms. The first-order valence-electron chi connectivity index (χ1n) is 6.79. The van der Waals surface area contributed by atoms with Gasteiger partial charge in [0.15, 0.2) is 13.5 Å². The predicted molar refractivity (Wildman–Crippen MR) is 68.8 cm³/mol. The van der Waals surface area contributed by atoms with Crippen LogP contribution in [0.1, 0.15) is 32.1 Å². The fourth-order valence-corrected chi connectivity index (χ4v) is 2.49. The third kappa shape index (κ3) is 3.06. The van der Waals surface area contributed by atoms with E-state index in [1.54, 1.807) is 0 Å². The van der Waals surface area contributed by atoms with Crippen molar-refractivity contribution >= 4 is 5.69 Å². The smallest absolute Gasteiger partial charge is 0.234 e. The fourth-order valence-electron chi connectivity index (χ4n) is 2.49. The van der Waals surface area contributed by atoms with Crippen LogP contribution >= 0.6 is 0 Å². The Labute approximate surface area is 112 Å². The number of anilines is 1. The van der Waals surface area contributed by atoms with Gasteiger partial charge in [-0.25, -0.2) is 9.78 Å². The molecule has 5 nitrogen and oxygen atoms in total. The van der Waals surface area contributed by atoms with Crippen LogP contribution in [0.5, 0.6) is 0 Å². The van der Waals surface area contributed by atoms with Crippen molar-refractivity contribution in [1.29, 1.82) is 0 Å². The number of rotatable bonds is 1. The van der Waals surface area contributed by atoms with Crippen molar-refractivity contribution in [3.8, 4) is 0 Å². The summed E-state index contributed by atoms with van der Waals surface area (Å²) in [4.78, 5) is 23.6. The van der Waals surface area contributed by atoms with Gasteiger partial charge >= 0.3 is 0 Å². The Bertz CT molecular complexity index is 380. The zero-order chi connectivity index (χ0) is 13.0. The van der Waals surface area contributed by atoms with Crippen LogP contribution in [-0.2, 0) is 19.6 Å². The van der Waals surface area contributed by atoms with Gasteiger partial charge in [-0.2, -0.15) is 9.78 Å². The molecule has 1 aliphatic heterocycles. The normalized spacial score (nSPS) is 23.9. The van der Waals surface area contributed by atoms with E-state index in [1.807, 2.05) is 35.2 Å². The van der Waals surface area contributed by atoms with Crippen LogP contribution in [0, 0.1) is 0 Å². The summed E-state index contributed by atoms with van der Waals surface area (Å²) >= 11 is 0. The first-order valence-corrected chi connectivity index (χ1v) is 6.79. The lowest BCUT2D eigenvalue weighted by molar-refractivity contribution is -0.527. The van der Waals surface area contributed by atoms with Crippen molar-refractivity contribution in [2.45, 2.75) is 37.9 Å². The number of benzene rings is 1. The molecule has 0 N–H and O–H groups in total. The summed E-state index contributed by atoms with van der Waals surface area (Å²) in [6, 6.07) is 9.89. The van der Waals surface area contributed by atoms with E-state index in [9.17, 15) is 0 Å². The molecule has 1 heterocycles. The molecule has 5 heteroatoms. The third-order valence-electron chi connectivity index (χ3n) is 3.58. The van der Waals surface area contributed by atoms with Crippen LogP contribution in [0.25, 0.3) is 0 Å². The summed E-state index contributed by atoms with van der Waals surface area (Å²) < 4.78 is 0. The summed E-state index contributed by atoms with van der Waals surface area (Å²) in [7, 11) is 0. The Morgan fingerprint density at radius 3 is 2.11 bits per heavy atom. The molecular formula is C14H19NO4. The lowest BCUT2D eigenvalue weighted by Gasteiger charge is -2.37. The van der Waals surface area contributed by atoms with E-state index in [0.29, 0.717) is 13.5 Å². The van der Waals surface area contributed by atoms with Gasteiger partial charge in [0.25, 0.3) is 0 Å². The average Bonchev–Trinajstić information content (AvgIpc) is 2.45. The quantitative estimate of drug-likeness (QED) is 0.730. The van der Waals surface area contributed by atoms with Crippen molar-refractivity contribution in [3.05, 3.63) is 30.3 Å². The second-order valence-electron chi connectivity index (χ2n) is 5.01. The Hall–Kier alpha value is -1.14. The third-order valence-corrected chi connectivity index (χ3v) is 3.58. The van der Waals surface area contributed by atoms with Gasteiger partial charge in [-0.3, -0.25) is 0 Å². The van der Waals surface area contributed by atoms with Gasteiger partial charge in [-0.15, -0.1) is 0 Å². The maximum Gasteiger partial charge on any atom is 0.234 e. The summed E-state index contributed by atoms with van der Waals surface area (Å²) in [5.74, 6) is -0.707. The first kappa shape index (κ1) is 12.9. The van der Waals surface area contributed by atoms with Crippen LogP contribution in [-0.4, -0.2) is 19.2 Å². The molecule has 2 fully saturated rings. The van der Waals surface area contributed by atoms with E-state index in [1.165, 1.54) is 6.42 Å². The highest BCUT2D eigenvalue weighted by molar-refractivity contribution is 5.44. The average molecular weight is 265 g/mol. The van der Waals surface area contributed by atoms with Crippen molar-refractivity contribution < 1.29 is 19.6 Å². The van der Waals surface area contributed by atoms with Crippen molar-refractivity contribution in [2.75, 3.05) is 18.4 Å². The molecule has 1 aromatic rings. The minimum absolute atomic E-state index is 0.328. The summed E-state index contributed by atoms with van der Waals surface area (Å²) in [6.07, 6.45) is 5.01. The summed E-state index contributed by atoms with van der Waals surface area (Å²) in [5.41, 5.74) is 1.01. The minimum atomic E-state index is -0.707. The SMILES string of the molecule is c1ccc(N2COOC3(CCCCC3)OOC2)cc1. The molecule has 0 unspecified atom stereocenters. The predicted octanol–water partition coefficient (Wildman–Crippen LogP) is 2.98. The number of hydrogen-bond acceptors (Lipinski definition) is 5. The molecule has 2 aliphatic rings. The number of hydrogen-bond donors (Lipinski definition) is 0. The van der Waals surface area contributed by atoms with Crippen molar-refractivity contribution in [2.24, 2.45) is 0 Å². The van der Waals surface area contributed by atoms with E-state index in [4.69, 9.17) is 19.6 Å². The maximum atomic E-state index is 5.47. The van der Waals surface area contributed by atoms with E-state index >= 15 is 0 Å². The van der Waals surface area contributed by atoms with Crippen LogP contribution in [0.15, 0.2) is 30.3 Å². The molecular weight excluding hydrogens is 246 g/mol. The molecule has 1 saturated heterocycles. The molecule has 104 valence electrons. The highest BCUT2D eigenvalue weighted by Crippen LogP contribution is 2.34. The first-order chi connectivity index (χ1) is 9.38. The highest BCUT2D eigenvalue weighted by Gasteiger charge is 2.38. The largest absolute Gasteiger partial charge is 0.320 e. The maximum absolute atomic E-state index is 5.47. The Balaban J connectivity index is 1.61. The standard InChI is InChI=1S/C14H19NO4/c1-3-7-13(8-4-1)15-11-16-18-14(19-17-12-15)9-5-2-6-10-14/h1,3-4,7-8H,2,5-6,9-12H2. The lowest BCUT2D eigenvalue weighted by atomic mass is 9.94. The molecule has 1 aliphatic carbocycles.